The summed E-state index contributed by atoms with van der Waals surface area (Å²) >= 11 is 3.32. The van der Waals surface area contributed by atoms with Crippen LogP contribution in [0.3, 0.4) is 0 Å². The van der Waals surface area contributed by atoms with Crippen molar-refractivity contribution >= 4 is 27.6 Å². The molecule has 0 aliphatic rings. The molecule has 0 unspecified atom stereocenters. The van der Waals surface area contributed by atoms with Gasteiger partial charge >= 0.3 is 5.97 Å². The number of carbonyl (C=O) groups excluding carboxylic acids is 1. The van der Waals surface area contributed by atoms with Gasteiger partial charge in [0.2, 0.25) is 0 Å². The highest BCUT2D eigenvalue weighted by Crippen LogP contribution is 2.23. The average Bonchev–Trinajstić information content (AvgIpc) is 2.35. The Bertz CT molecular complexity index is 454. The van der Waals surface area contributed by atoms with Crippen LogP contribution in [0, 0.1) is 11.3 Å². The fourth-order valence-electron chi connectivity index (χ4n) is 1.41. The average molecular weight is 297 g/mol. The van der Waals surface area contributed by atoms with Gasteiger partial charge in [0.25, 0.3) is 0 Å². The molecule has 1 aromatic carbocycles. The van der Waals surface area contributed by atoms with E-state index in [2.05, 4.69) is 26.7 Å². The number of benzene rings is 1. The van der Waals surface area contributed by atoms with Crippen LogP contribution in [0.2, 0.25) is 0 Å². The normalized spacial score (nSPS) is 9.53. The van der Waals surface area contributed by atoms with E-state index in [0.29, 0.717) is 18.5 Å². The Hall–Kier alpha value is -1.54. The predicted molar refractivity (Wildman–Crippen MR) is 68.8 cm³/mol. The van der Waals surface area contributed by atoms with Crippen LogP contribution in [0.5, 0.6) is 0 Å². The van der Waals surface area contributed by atoms with Crippen LogP contribution >= 0.6 is 15.9 Å². The summed E-state index contributed by atoms with van der Waals surface area (Å²) in [5, 5.41) is 9.03. The minimum atomic E-state index is -0.257. The van der Waals surface area contributed by atoms with Crippen molar-refractivity contribution in [1.29, 1.82) is 5.26 Å². The lowest BCUT2D eigenvalue weighted by Crippen LogP contribution is -2.22. The third-order valence-electron chi connectivity index (χ3n) is 2.37. The Balaban J connectivity index is 2.79. The van der Waals surface area contributed by atoms with Crippen molar-refractivity contribution in [1.82, 2.24) is 0 Å². The highest BCUT2D eigenvalue weighted by atomic mass is 79.9. The number of methoxy groups -OCH3 is 1. The molecule has 0 aromatic heterocycles. The number of hydrogen-bond donors (Lipinski definition) is 0. The second kappa shape index (κ2) is 6.26. The number of anilines is 1. The molecule has 17 heavy (non-hydrogen) atoms. The van der Waals surface area contributed by atoms with Crippen molar-refractivity contribution in [2.45, 2.75) is 6.42 Å². The topological polar surface area (TPSA) is 53.3 Å². The largest absolute Gasteiger partial charge is 0.469 e. The molecule has 0 spiro atoms. The first-order chi connectivity index (χ1) is 8.08. The fraction of sp³-hybridized carbons (Fsp3) is 0.333. The van der Waals surface area contributed by atoms with E-state index >= 15 is 0 Å². The van der Waals surface area contributed by atoms with Crippen molar-refractivity contribution < 1.29 is 9.53 Å². The van der Waals surface area contributed by atoms with Gasteiger partial charge < -0.3 is 9.64 Å². The molecule has 0 heterocycles. The molecule has 4 nitrogen and oxygen atoms in total. The third kappa shape index (κ3) is 3.75. The Morgan fingerprint density at radius 3 is 2.88 bits per heavy atom. The molecule has 0 saturated heterocycles. The molecule has 0 atom stereocenters. The number of nitriles is 1. The standard InChI is InChI=1S/C12H13BrN2O2/c1-15(6-5-12(16)17-2)11-4-3-10(13)7-9(11)8-14/h3-4,7H,5-6H2,1-2H3. The van der Waals surface area contributed by atoms with Crippen molar-refractivity contribution in [3.05, 3.63) is 28.2 Å². The van der Waals surface area contributed by atoms with Gasteiger partial charge in [-0.05, 0) is 18.2 Å². The van der Waals surface area contributed by atoms with E-state index in [-0.39, 0.29) is 5.97 Å². The number of ether oxygens (including phenoxy) is 1. The summed E-state index contributed by atoms with van der Waals surface area (Å²) in [5.74, 6) is -0.257. The molecule has 0 bridgehead atoms. The van der Waals surface area contributed by atoms with Crippen molar-refractivity contribution in [2.24, 2.45) is 0 Å². The number of esters is 1. The molecule has 5 heteroatoms. The molecule has 0 N–H and O–H groups in total. The van der Waals surface area contributed by atoms with Crippen LogP contribution in [0.4, 0.5) is 5.69 Å². The molecule has 0 amide bonds. The molecule has 0 fully saturated rings. The molecule has 0 aliphatic heterocycles. The van der Waals surface area contributed by atoms with Crippen molar-refractivity contribution in [3.63, 3.8) is 0 Å². The van der Waals surface area contributed by atoms with Gasteiger partial charge in [0, 0.05) is 18.1 Å². The lowest BCUT2D eigenvalue weighted by molar-refractivity contribution is -0.140. The van der Waals surface area contributed by atoms with Crippen LogP contribution in [0.15, 0.2) is 22.7 Å². The fourth-order valence-corrected chi connectivity index (χ4v) is 1.77. The van der Waals surface area contributed by atoms with Crippen LogP contribution in [0.1, 0.15) is 12.0 Å². The predicted octanol–water partition coefficient (Wildman–Crippen LogP) is 2.32. The highest BCUT2D eigenvalue weighted by molar-refractivity contribution is 9.10. The van der Waals surface area contributed by atoms with Gasteiger partial charge in [-0.2, -0.15) is 5.26 Å². The summed E-state index contributed by atoms with van der Waals surface area (Å²) in [6, 6.07) is 7.60. The van der Waals surface area contributed by atoms with E-state index in [1.807, 2.05) is 24.1 Å². The lowest BCUT2D eigenvalue weighted by atomic mass is 10.2. The first-order valence-corrected chi connectivity index (χ1v) is 5.85. The zero-order valence-electron chi connectivity index (χ0n) is 9.74. The van der Waals surface area contributed by atoms with Crippen molar-refractivity contribution in [3.8, 4) is 6.07 Å². The minimum absolute atomic E-state index is 0.257. The number of nitrogens with zero attached hydrogens (tertiary/aromatic N) is 2. The quantitative estimate of drug-likeness (QED) is 0.800. The smallest absolute Gasteiger partial charge is 0.307 e. The molecule has 1 rings (SSSR count). The monoisotopic (exact) mass is 296 g/mol. The van der Waals surface area contributed by atoms with Crippen LogP contribution in [0.25, 0.3) is 0 Å². The SMILES string of the molecule is COC(=O)CCN(C)c1ccc(Br)cc1C#N. The van der Waals surface area contributed by atoms with Gasteiger partial charge in [-0.15, -0.1) is 0 Å². The molecule has 0 aliphatic carbocycles. The molecule has 0 radical (unpaired) electrons. The summed E-state index contributed by atoms with van der Waals surface area (Å²) in [5.41, 5.74) is 1.38. The Morgan fingerprint density at radius 1 is 1.59 bits per heavy atom. The summed E-state index contributed by atoms with van der Waals surface area (Å²) in [7, 11) is 3.20. The molecule has 1 aromatic rings. The van der Waals surface area contributed by atoms with E-state index in [1.165, 1.54) is 7.11 Å². The molecular weight excluding hydrogens is 284 g/mol. The Kier molecular flexibility index (Phi) is 4.98. The highest BCUT2D eigenvalue weighted by Gasteiger charge is 2.09. The maximum atomic E-state index is 11.0. The summed E-state index contributed by atoms with van der Waals surface area (Å²) in [6.45, 7) is 0.517. The van der Waals surface area contributed by atoms with Gasteiger partial charge in [0.15, 0.2) is 0 Å². The zero-order valence-corrected chi connectivity index (χ0v) is 11.3. The van der Waals surface area contributed by atoms with Gasteiger partial charge in [0.05, 0.1) is 24.8 Å². The van der Waals surface area contributed by atoms with Crippen LogP contribution < -0.4 is 4.90 Å². The van der Waals surface area contributed by atoms with E-state index in [1.54, 1.807) is 6.07 Å². The van der Waals surface area contributed by atoms with Gasteiger partial charge in [-0.1, -0.05) is 15.9 Å². The Morgan fingerprint density at radius 2 is 2.29 bits per heavy atom. The van der Waals surface area contributed by atoms with E-state index < -0.39 is 0 Å². The van der Waals surface area contributed by atoms with Gasteiger partial charge in [-0.3, -0.25) is 4.79 Å². The first-order valence-electron chi connectivity index (χ1n) is 5.06. The third-order valence-corrected chi connectivity index (χ3v) is 2.86. The second-order valence-electron chi connectivity index (χ2n) is 3.52. The van der Waals surface area contributed by atoms with E-state index in [9.17, 15) is 4.79 Å². The number of carbonyl (C=O) groups is 1. The second-order valence-corrected chi connectivity index (χ2v) is 4.44. The van der Waals surface area contributed by atoms with Crippen molar-refractivity contribution in [2.75, 3.05) is 25.6 Å². The minimum Gasteiger partial charge on any atom is -0.469 e. The summed E-state index contributed by atoms with van der Waals surface area (Å²) in [4.78, 5) is 12.9. The molecular formula is C12H13BrN2O2. The van der Waals surface area contributed by atoms with Gasteiger partial charge in [0.1, 0.15) is 6.07 Å². The number of halogens is 1. The summed E-state index contributed by atoms with van der Waals surface area (Å²) < 4.78 is 5.43. The van der Waals surface area contributed by atoms with E-state index in [0.717, 1.165) is 10.2 Å². The zero-order chi connectivity index (χ0) is 12.8. The first kappa shape index (κ1) is 13.5. The Labute approximate surface area is 109 Å². The number of hydrogen-bond acceptors (Lipinski definition) is 4. The summed E-state index contributed by atoms with van der Waals surface area (Å²) in [6.07, 6.45) is 0.300. The lowest BCUT2D eigenvalue weighted by Gasteiger charge is -2.19. The van der Waals surface area contributed by atoms with E-state index in [4.69, 9.17) is 5.26 Å². The van der Waals surface area contributed by atoms with Crippen LogP contribution in [-0.2, 0) is 9.53 Å². The maximum Gasteiger partial charge on any atom is 0.307 e. The maximum absolute atomic E-state index is 11.0. The molecule has 0 saturated carbocycles. The van der Waals surface area contributed by atoms with Gasteiger partial charge in [-0.25, -0.2) is 0 Å². The number of rotatable bonds is 4. The van der Waals surface area contributed by atoms with Crippen LogP contribution in [-0.4, -0.2) is 26.7 Å². The molecule has 90 valence electrons.